The van der Waals surface area contributed by atoms with Crippen molar-refractivity contribution >= 4 is 21.6 Å². The Kier molecular flexibility index (Phi) is 4.68. The highest BCUT2D eigenvalue weighted by Crippen LogP contribution is 2.32. The Morgan fingerprint density at radius 3 is 2.72 bits per heavy atom. The van der Waals surface area contributed by atoms with E-state index in [-0.39, 0.29) is 0 Å². The second-order valence-electron chi connectivity index (χ2n) is 5.63. The van der Waals surface area contributed by atoms with Crippen molar-refractivity contribution in [3.63, 3.8) is 0 Å². The number of hydrogen-bond donors (Lipinski definition) is 1. The molecule has 1 saturated carbocycles. The van der Waals surface area contributed by atoms with Crippen LogP contribution >= 0.6 is 15.9 Å². The fourth-order valence-corrected chi connectivity index (χ4v) is 2.58. The Bertz CT molecular complexity index is 399. The first kappa shape index (κ1) is 13.9. The number of nitrogens with one attached hydrogen (secondary N) is 1. The molecule has 1 aromatic carbocycles. The SMILES string of the molecule is CC(C)NCc1cc(Br)ccc1N(C)CC1CC1. The second kappa shape index (κ2) is 6.07. The monoisotopic (exact) mass is 310 g/mol. The molecule has 18 heavy (non-hydrogen) atoms. The average molecular weight is 311 g/mol. The van der Waals surface area contributed by atoms with Crippen LogP contribution in [0.2, 0.25) is 0 Å². The molecule has 0 radical (unpaired) electrons. The summed E-state index contributed by atoms with van der Waals surface area (Å²) in [7, 11) is 2.21. The average Bonchev–Trinajstić information content (AvgIpc) is 3.10. The van der Waals surface area contributed by atoms with Crippen LogP contribution in [0.5, 0.6) is 0 Å². The number of nitrogens with zero attached hydrogens (tertiary/aromatic N) is 1. The van der Waals surface area contributed by atoms with Gasteiger partial charge in [-0.3, -0.25) is 0 Å². The molecule has 1 aromatic rings. The van der Waals surface area contributed by atoms with Crippen LogP contribution in [0.1, 0.15) is 32.3 Å². The van der Waals surface area contributed by atoms with Crippen LogP contribution in [0.25, 0.3) is 0 Å². The van der Waals surface area contributed by atoms with Gasteiger partial charge in [-0.2, -0.15) is 0 Å². The van der Waals surface area contributed by atoms with Crippen molar-refractivity contribution in [1.29, 1.82) is 0 Å². The van der Waals surface area contributed by atoms with Gasteiger partial charge in [-0.15, -0.1) is 0 Å². The third-order valence-corrected chi connectivity index (χ3v) is 3.88. The first-order valence-electron chi connectivity index (χ1n) is 6.79. The largest absolute Gasteiger partial charge is 0.374 e. The van der Waals surface area contributed by atoms with Crippen LogP contribution in [0.4, 0.5) is 5.69 Å². The molecule has 1 aliphatic rings. The van der Waals surface area contributed by atoms with E-state index in [1.54, 1.807) is 0 Å². The fraction of sp³-hybridized carbons (Fsp3) is 0.600. The summed E-state index contributed by atoms with van der Waals surface area (Å²) >= 11 is 3.57. The van der Waals surface area contributed by atoms with Gasteiger partial charge < -0.3 is 10.2 Å². The molecule has 1 aliphatic carbocycles. The standard InChI is InChI=1S/C15H23BrN2/c1-11(2)17-9-13-8-14(16)6-7-15(13)18(3)10-12-4-5-12/h6-8,11-12,17H,4-5,9-10H2,1-3H3. The van der Waals surface area contributed by atoms with Gasteiger partial charge in [-0.1, -0.05) is 29.8 Å². The van der Waals surface area contributed by atoms with Crippen LogP contribution in [0.15, 0.2) is 22.7 Å². The van der Waals surface area contributed by atoms with E-state index in [1.807, 2.05) is 0 Å². The summed E-state index contributed by atoms with van der Waals surface area (Å²) in [5.41, 5.74) is 2.74. The molecule has 0 amide bonds. The molecule has 0 aliphatic heterocycles. The number of rotatable bonds is 6. The fourth-order valence-electron chi connectivity index (χ4n) is 2.17. The van der Waals surface area contributed by atoms with Crippen molar-refractivity contribution in [2.45, 2.75) is 39.3 Å². The lowest BCUT2D eigenvalue weighted by atomic mass is 10.1. The van der Waals surface area contributed by atoms with Gasteiger partial charge in [-0.25, -0.2) is 0 Å². The third kappa shape index (κ3) is 3.99. The van der Waals surface area contributed by atoms with Crippen molar-refractivity contribution < 1.29 is 0 Å². The van der Waals surface area contributed by atoms with E-state index in [9.17, 15) is 0 Å². The molecule has 0 aromatic heterocycles. The minimum atomic E-state index is 0.519. The summed E-state index contributed by atoms with van der Waals surface area (Å²) in [5.74, 6) is 0.921. The molecule has 0 unspecified atom stereocenters. The van der Waals surface area contributed by atoms with Crippen molar-refractivity contribution in [2.24, 2.45) is 5.92 Å². The predicted octanol–water partition coefficient (Wildman–Crippen LogP) is 3.79. The van der Waals surface area contributed by atoms with E-state index in [1.165, 1.54) is 30.6 Å². The van der Waals surface area contributed by atoms with Gasteiger partial charge in [0.1, 0.15) is 0 Å². The maximum Gasteiger partial charge on any atom is 0.0410 e. The number of hydrogen-bond acceptors (Lipinski definition) is 2. The first-order valence-corrected chi connectivity index (χ1v) is 7.58. The highest BCUT2D eigenvalue weighted by Gasteiger charge is 2.23. The highest BCUT2D eigenvalue weighted by molar-refractivity contribution is 9.10. The number of anilines is 1. The molecule has 0 spiro atoms. The van der Waals surface area contributed by atoms with Crippen molar-refractivity contribution in [3.05, 3.63) is 28.2 Å². The van der Waals surface area contributed by atoms with Gasteiger partial charge in [0.05, 0.1) is 0 Å². The summed E-state index contributed by atoms with van der Waals surface area (Å²) in [6.07, 6.45) is 2.81. The number of halogens is 1. The van der Waals surface area contributed by atoms with Gasteiger partial charge in [0.25, 0.3) is 0 Å². The molecule has 0 heterocycles. The molecule has 0 bridgehead atoms. The molecule has 0 saturated heterocycles. The van der Waals surface area contributed by atoms with Crippen molar-refractivity contribution in [3.8, 4) is 0 Å². The van der Waals surface area contributed by atoms with E-state index >= 15 is 0 Å². The lowest BCUT2D eigenvalue weighted by Gasteiger charge is -2.23. The zero-order chi connectivity index (χ0) is 13.1. The Morgan fingerprint density at radius 1 is 1.39 bits per heavy atom. The first-order chi connectivity index (χ1) is 8.56. The van der Waals surface area contributed by atoms with Crippen molar-refractivity contribution in [2.75, 3.05) is 18.5 Å². The van der Waals surface area contributed by atoms with E-state index in [2.05, 4.69) is 65.2 Å². The number of benzene rings is 1. The molecule has 2 rings (SSSR count). The van der Waals surface area contributed by atoms with E-state index in [0.29, 0.717) is 6.04 Å². The predicted molar refractivity (Wildman–Crippen MR) is 82.1 cm³/mol. The molecule has 2 nitrogen and oxygen atoms in total. The Labute approximate surface area is 119 Å². The third-order valence-electron chi connectivity index (χ3n) is 3.38. The van der Waals surface area contributed by atoms with Crippen LogP contribution in [-0.4, -0.2) is 19.6 Å². The van der Waals surface area contributed by atoms with Crippen LogP contribution in [0.3, 0.4) is 0 Å². The minimum absolute atomic E-state index is 0.519. The Balaban J connectivity index is 2.10. The normalized spacial score (nSPS) is 15.2. The topological polar surface area (TPSA) is 15.3 Å². The van der Waals surface area contributed by atoms with E-state index in [4.69, 9.17) is 0 Å². The molecule has 0 atom stereocenters. The van der Waals surface area contributed by atoms with Gasteiger partial charge >= 0.3 is 0 Å². The van der Waals surface area contributed by atoms with Crippen LogP contribution in [0, 0.1) is 5.92 Å². The summed E-state index contributed by atoms with van der Waals surface area (Å²) < 4.78 is 1.16. The van der Waals surface area contributed by atoms with Gasteiger partial charge in [0.2, 0.25) is 0 Å². The molecule has 3 heteroatoms. The van der Waals surface area contributed by atoms with Gasteiger partial charge in [-0.05, 0) is 42.5 Å². The summed E-state index contributed by atoms with van der Waals surface area (Å²) in [6, 6.07) is 7.11. The lowest BCUT2D eigenvalue weighted by molar-refractivity contribution is 0.588. The molecular weight excluding hydrogens is 288 g/mol. The Morgan fingerprint density at radius 2 is 2.11 bits per heavy atom. The summed E-state index contributed by atoms with van der Waals surface area (Å²) in [5, 5.41) is 3.51. The van der Waals surface area contributed by atoms with Gasteiger partial charge in [0.15, 0.2) is 0 Å². The molecular formula is C15H23BrN2. The summed E-state index contributed by atoms with van der Waals surface area (Å²) in [6.45, 7) is 6.49. The van der Waals surface area contributed by atoms with Crippen LogP contribution in [-0.2, 0) is 6.54 Å². The zero-order valence-electron chi connectivity index (χ0n) is 11.5. The quantitative estimate of drug-likeness (QED) is 0.860. The minimum Gasteiger partial charge on any atom is -0.374 e. The lowest BCUT2D eigenvalue weighted by Crippen LogP contribution is -2.25. The highest BCUT2D eigenvalue weighted by atomic mass is 79.9. The van der Waals surface area contributed by atoms with E-state index in [0.717, 1.165) is 16.9 Å². The van der Waals surface area contributed by atoms with Crippen molar-refractivity contribution in [1.82, 2.24) is 5.32 Å². The van der Waals surface area contributed by atoms with E-state index < -0.39 is 0 Å². The maximum atomic E-state index is 3.57. The maximum absolute atomic E-state index is 3.57. The molecule has 1 fully saturated rings. The summed E-state index contributed by atoms with van der Waals surface area (Å²) in [4.78, 5) is 2.40. The van der Waals surface area contributed by atoms with Gasteiger partial charge in [0, 0.05) is 36.3 Å². The zero-order valence-corrected chi connectivity index (χ0v) is 13.1. The van der Waals surface area contributed by atoms with Crippen LogP contribution < -0.4 is 10.2 Å². The smallest absolute Gasteiger partial charge is 0.0410 e. The Hall–Kier alpha value is -0.540. The molecule has 1 N–H and O–H groups in total. The second-order valence-corrected chi connectivity index (χ2v) is 6.55. The molecule has 100 valence electrons.